The van der Waals surface area contributed by atoms with Crippen molar-refractivity contribution >= 4 is 12.0 Å². The lowest BCUT2D eigenvalue weighted by molar-refractivity contribution is -0.116. The summed E-state index contributed by atoms with van der Waals surface area (Å²) in [5.74, 6) is 0.390. The van der Waals surface area contributed by atoms with Crippen LogP contribution in [-0.2, 0) is 9.53 Å². The molecule has 2 heterocycles. The van der Waals surface area contributed by atoms with Crippen LogP contribution in [0.5, 0.6) is 11.5 Å². The van der Waals surface area contributed by atoms with E-state index in [9.17, 15) is 9.18 Å². The van der Waals surface area contributed by atoms with Crippen LogP contribution in [0.15, 0.2) is 48.8 Å². The number of morpholine rings is 1. The van der Waals surface area contributed by atoms with Crippen LogP contribution in [0.1, 0.15) is 32.3 Å². The number of amides is 1. The highest BCUT2D eigenvalue weighted by molar-refractivity contribution is 5.91. The van der Waals surface area contributed by atoms with E-state index in [1.807, 2.05) is 0 Å². The van der Waals surface area contributed by atoms with Gasteiger partial charge in [0.1, 0.15) is 5.75 Å². The van der Waals surface area contributed by atoms with Crippen LogP contribution in [0.2, 0.25) is 0 Å². The molecule has 0 spiro atoms. The molecular formula is C25H32FN3O3. The Morgan fingerprint density at radius 1 is 1.28 bits per heavy atom. The van der Waals surface area contributed by atoms with Crippen LogP contribution in [0.3, 0.4) is 0 Å². The normalized spacial score (nSPS) is 15.8. The molecule has 1 aliphatic rings. The Labute approximate surface area is 189 Å². The largest absolute Gasteiger partial charge is 0.453 e. The quantitative estimate of drug-likeness (QED) is 0.558. The van der Waals surface area contributed by atoms with E-state index in [1.165, 1.54) is 18.3 Å². The zero-order chi connectivity index (χ0) is 22.8. The Balaban J connectivity index is 1.57. The molecule has 6 nitrogen and oxygen atoms in total. The average molecular weight is 442 g/mol. The van der Waals surface area contributed by atoms with Gasteiger partial charge in [-0.3, -0.25) is 14.7 Å². The zero-order valence-corrected chi connectivity index (χ0v) is 18.8. The third kappa shape index (κ3) is 6.87. The topological polar surface area (TPSA) is 63.7 Å². The van der Waals surface area contributed by atoms with Crippen LogP contribution in [0.4, 0.5) is 4.39 Å². The third-order valence-corrected chi connectivity index (χ3v) is 5.84. The van der Waals surface area contributed by atoms with Crippen molar-refractivity contribution in [1.29, 1.82) is 0 Å². The summed E-state index contributed by atoms with van der Waals surface area (Å²) >= 11 is 0. The van der Waals surface area contributed by atoms with Crippen molar-refractivity contribution in [2.45, 2.75) is 32.7 Å². The van der Waals surface area contributed by atoms with Crippen molar-refractivity contribution in [2.24, 2.45) is 5.92 Å². The van der Waals surface area contributed by atoms with Crippen molar-refractivity contribution in [3.63, 3.8) is 0 Å². The van der Waals surface area contributed by atoms with E-state index < -0.39 is 5.82 Å². The SMILES string of the molecule is CCC(CC)C(CNC(=O)/C=C/c1ccc(Oc2cccnc2)c(F)c1)N1CCOCC1. The number of nitrogens with one attached hydrogen (secondary N) is 1. The molecule has 1 saturated heterocycles. The molecule has 7 heteroatoms. The molecule has 1 atom stereocenters. The smallest absolute Gasteiger partial charge is 0.244 e. The minimum Gasteiger partial charge on any atom is -0.453 e. The molecule has 32 heavy (non-hydrogen) atoms. The van der Waals surface area contributed by atoms with E-state index in [0.717, 1.165) is 39.1 Å². The number of ether oxygens (including phenoxy) is 2. The Kier molecular flexibility index (Phi) is 9.19. The predicted octanol–water partition coefficient (Wildman–Crippen LogP) is 4.28. The number of hydrogen-bond acceptors (Lipinski definition) is 5. The first-order valence-electron chi connectivity index (χ1n) is 11.3. The first-order chi connectivity index (χ1) is 15.6. The highest BCUT2D eigenvalue weighted by Gasteiger charge is 2.27. The number of carbonyl (C=O) groups is 1. The van der Waals surface area contributed by atoms with Gasteiger partial charge >= 0.3 is 0 Å². The van der Waals surface area contributed by atoms with E-state index >= 15 is 0 Å². The van der Waals surface area contributed by atoms with Gasteiger partial charge in [0.05, 0.1) is 19.4 Å². The van der Waals surface area contributed by atoms with Gasteiger partial charge in [0.15, 0.2) is 11.6 Å². The summed E-state index contributed by atoms with van der Waals surface area (Å²) in [5, 5.41) is 3.02. The second-order valence-electron chi connectivity index (χ2n) is 7.85. The Bertz CT molecular complexity index is 881. The van der Waals surface area contributed by atoms with Gasteiger partial charge in [-0.05, 0) is 41.8 Å². The highest BCUT2D eigenvalue weighted by Crippen LogP contribution is 2.25. The van der Waals surface area contributed by atoms with Crippen LogP contribution in [-0.4, -0.2) is 54.7 Å². The van der Waals surface area contributed by atoms with Gasteiger partial charge in [-0.15, -0.1) is 0 Å². The Morgan fingerprint density at radius 3 is 2.72 bits per heavy atom. The first-order valence-corrected chi connectivity index (χ1v) is 11.3. The summed E-state index contributed by atoms with van der Waals surface area (Å²) in [6.07, 6.45) is 8.32. The Morgan fingerprint density at radius 2 is 2.06 bits per heavy atom. The van der Waals surface area contributed by atoms with E-state index in [1.54, 1.807) is 36.5 Å². The number of pyridine rings is 1. The van der Waals surface area contributed by atoms with Crippen LogP contribution >= 0.6 is 0 Å². The van der Waals surface area contributed by atoms with Crippen LogP contribution < -0.4 is 10.1 Å². The standard InChI is InChI=1S/C25H32FN3O3/c1-3-20(4-2)23(29-12-14-31-15-13-29)18-28-25(30)10-8-19-7-9-24(22(26)16-19)32-21-6-5-11-27-17-21/h5-11,16-17,20,23H,3-4,12-15,18H2,1-2H3,(H,28,30)/b10-8+. The molecule has 1 fully saturated rings. The molecule has 3 rings (SSSR count). The number of aromatic nitrogens is 1. The maximum Gasteiger partial charge on any atom is 0.244 e. The summed E-state index contributed by atoms with van der Waals surface area (Å²) in [6, 6.07) is 8.30. The zero-order valence-electron chi connectivity index (χ0n) is 18.8. The molecule has 1 unspecified atom stereocenters. The number of nitrogens with zero attached hydrogens (tertiary/aromatic N) is 2. The summed E-state index contributed by atoms with van der Waals surface area (Å²) < 4.78 is 25.4. The number of rotatable bonds is 10. The number of carbonyl (C=O) groups excluding carboxylic acids is 1. The van der Waals surface area contributed by atoms with Gasteiger partial charge in [-0.1, -0.05) is 32.8 Å². The summed E-state index contributed by atoms with van der Waals surface area (Å²) in [6.45, 7) is 8.22. The van der Waals surface area contributed by atoms with Crippen molar-refractivity contribution in [2.75, 3.05) is 32.8 Å². The molecule has 2 aromatic rings. The van der Waals surface area contributed by atoms with Gasteiger partial charge in [-0.2, -0.15) is 0 Å². The fourth-order valence-corrected chi connectivity index (χ4v) is 4.01. The van der Waals surface area contributed by atoms with E-state index in [0.29, 0.717) is 23.8 Å². The minimum atomic E-state index is -0.502. The molecule has 0 aliphatic carbocycles. The number of benzene rings is 1. The maximum atomic E-state index is 14.4. The molecule has 172 valence electrons. The molecular weight excluding hydrogens is 409 g/mol. The lowest BCUT2D eigenvalue weighted by Crippen LogP contribution is -2.51. The van der Waals surface area contributed by atoms with Crippen molar-refractivity contribution < 1.29 is 18.7 Å². The molecule has 1 amide bonds. The van der Waals surface area contributed by atoms with E-state index in [2.05, 4.69) is 29.0 Å². The summed E-state index contributed by atoms with van der Waals surface area (Å²) in [4.78, 5) is 18.8. The number of halogens is 1. The first kappa shape index (κ1) is 23.9. The third-order valence-electron chi connectivity index (χ3n) is 5.84. The number of hydrogen-bond donors (Lipinski definition) is 1. The fourth-order valence-electron chi connectivity index (χ4n) is 4.01. The van der Waals surface area contributed by atoms with E-state index in [4.69, 9.17) is 9.47 Å². The summed E-state index contributed by atoms with van der Waals surface area (Å²) in [7, 11) is 0. The van der Waals surface area contributed by atoms with Crippen molar-refractivity contribution in [3.8, 4) is 11.5 Å². The van der Waals surface area contributed by atoms with Gasteiger partial charge < -0.3 is 14.8 Å². The molecule has 1 aliphatic heterocycles. The Hall–Kier alpha value is -2.77. The van der Waals surface area contributed by atoms with Crippen LogP contribution in [0.25, 0.3) is 6.08 Å². The lowest BCUT2D eigenvalue weighted by Gasteiger charge is -2.38. The molecule has 0 radical (unpaired) electrons. The van der Waals surface area contributed by atoms with Gasteiger partial charge in [0, 0.05) is 37.9 Å². The second-order valence-corrected chi connectivity index (χ2v) is 7.85. The summed E-state index contributed by atoms with van der Waals surface area (Å²) in [5.41, 5.74) is 0.584. The van der Waals surface area contributed by atoms with Gasteiger partial charge in [0.2, 0.25) is 5.91 Å². The molecule has 0 bridgehead atoms. The second kappa shape index (κ2) is 12.3. The molecule has 1 aromatic carbocycles. The minimum absolute atomic E-state index is 0.109. The monoisotopic (exact) mass is 441 g/mol. The highest BCUT2D eigenvalue weighted by atomic mass is 19.1. The molecule has 0 saturated carbocycles. The lowest BCUT2D eigenvalue weighted by atomic mass is 9.92. The van der Waals surface area contributed by atoms with E-state index in [-0.39, 0.29) is 17.7 Å². The molecule has 1 aromatic heterocycles. The predicted molar refractivity (Wildman–Crippen MR) is 123 cm³/mol. The van der Waals surface area contributed by atoms with Gasteiger partial charge in [0.25, 0.3) is 0 Å². The maximum absolute atomic E-state index is 14.4. The van der Waals surface area contributed by atoms with Crippen molar-refractivity contribution in [1.82, 2.24) is 15.2 Å². The molecule has 1 N–H and O–H groups in total. The van der Waals surface area contributed by atoms with Gasteiger partial charge in [-0.25, -0.2) is 4.39 Å². The fraction of sp³-hybridized carbons (Fsp3) is 0.440. The average Bonchev–Trinajstić information content (AvgIpc) is 2.83. The van der Waals surface area contributed by atoms with Crippen LogP contribution in [0, 0.1) is 11.7 Å². The van der Waals surface area contributed by atoms with Crippen molar-refractivity contribution in [3.05, 3.63) is 60.2 Å².